The Kier molecular flexibility index (Phi) is 5.53. The Morgan fingerprint density at radius 1 is 1.20 bits per heavy atom. The summed E-state index contributed by atoms with van der Waals surface area (Å²) in [5.74, 6) is 0.638. The summed E-state index contributed by atoms with van der Waals surface area (Å²) in [6.07, 6.45) is 8.37. The molecule has 1 fully saturated rings. The molecule has 1 aliphatic heterocycles. The van der Waals surface area contributed by atoms with E-state index >= 15 is 0 Å². The molecule has 0 aromatic heterocycles. The molecule has 0 N–H and O–H groups in total. The Balaban J connectivity index is 1.95. The second-order valence-corrected chi connectivity index (χ2v) is 7.55. The van der Waals surface area contributed by atoms with Gasteiger partial charge in [-0.25, -0.2) is 4.58 Å². The first kappa shape index (κ1) is 17.7. The second-order valence-electron chi connectivity index (χ2n) is 7.55. The van der Waals surface area contributed by atoms with Gasteiger partial charge in [0.2, 0.25) is 0 Å². The number of benzene rings is 1. The van der Waals surface area contributed by atoms with E-state index < -0.39 is 0 Å². The summed E-state index contributed by atoms with van der Waals surface area (Å²) in [6.45, 7) is 12.8. The first-order valence-corrected chi connectivity index (χ1v) is 9.56. The highest BCUT2D eigenvalue weighted by molar-refractivity contribution is 6.09. The molecule has 1 heterocycles. The number of hydrogen-bond donors (Lipinski definition) is 0. The highest BCUT2D eigenvalue weighted by Crippen LogP contribution is 2.29. The molecule has 2 aliphatic rings. The molecule has 2 nitrogen and oxygen atoms in total. The average Bonchev–Trinajstić information content (AvgIpc) is 3.12. The molecule has 0 bridgehead atoms. The van der Waals surface area contributed by atoms with Gasteiger partial charge in [0.05, 0.1) is 0 Å². The average molecular weight is 335 g/mol. The van der Waals surface area contributed by atoms with Crippen molar-refractivity contribution < 1.29 is 4.58 Å². The molecule has 0 amide bonds. The number of rotatable bonds is 2. The molecule has 0 unspecified atom stereocenters. The molecule has 1 aromatic carbocycles. The van der Waals surface area contributed by atoms with E-state index in [2.05, 4.69) is 62.3 Å². The number of hydrogen-bond acceptors (Lipinski definition) is 0. The topological polar surface area (TPSA) is 7.37 Å². The Morgan fingerprint density at radius 3 is 2.44 bits per heavy atom. The number of para-hydroxylation sites is 1. The maximum Gasteiger partial charge on any atom is 0.391 e. The van der Waals surface area contributed by atoms with Gasteiger partial charge in [0, 0.05) is 29.5 Å². The molecule has 0 radical (unpaired) electrons. The monoisotopic (exact) mass is 334 g/mol. The van der Waals surface area contributed by atoms with Crippen molar-refractivity contribution in [2.75, 3.05) is 13.1 Å². The van der Waals surface area contributed by atoms with Gasteiger partial charge in [0.1, 0.15) is 13.1 Å². The molecule has 1 aliphatic carbocycles. The van der Waals surface area contributed by atoms with Crippen LogP contribution in [-0.2, 0) is 0 Å². The number of allylic oxidation sites excluding steroid dienone is 3. The summed E-state index contributed by atoms with van der Waals surface area (Å²) in [5, 5.41) is 0. The van der Waals surface area contributed by atoms with E-state index in [0.29, 0.717) is 5.92 Å². The normalized spacial score (nSPS) is 19.9. The third-order valence-corrected chi connectivity index (χ3v) is 5.55. The lowest BCUT2D eigenvalue weighted by Crippen LogP contribution is -2.21. The quantitative estimate of drug-likeness (QED) is 0.475. The Labute approximate surface area is 152 Å². The summed E-state index contributed by atoms with van der Waals surface area (Å²) in [7, 11) is 0. The molecule has 0 saturated carbocycles. The van der Waals surface area contributed by atoms with Crippen LogP contribution in [0.25, 0.3) is 4.85 Å². The maximum absolute atomic E-state index is 4.79. The van der Waals surface area contributed by atoms with E-state index in [4.69, 9.17) is 4.85 Å². The van der Waals surface area contributed by atoms with Gasteiger partial charge >= 0.3 is 17.5 Å². The smallest absolute Gasteiger partial charge is 0.217 e. The molecular weight excluding hydrogens is 304 g/mol. The zero-order valence-corrected chi connectivity index (χ0v) is 15.9. The minimum atomic E-state index is 0.638. The lowest BCUT2D eigenvalue weighted by molar-refractivity contribution is -0.504. The third-order valence-electron chi connectivity index (χ3n) is 5.55. The fraction of sp³-hybridized carbons (Fsp3) is 0.478. The summed E-state index contributed by atoms with van der Waals surface area (Å²) in [6, 6.07) is 9.79. The van der Waals surface area contributed by atoms with Crippen LogP contribution in [0.3, 0.4) is 0 Å². The first-order chi connectivity index (χ1) is 12.1. The van der Waals surface area contributed by atoms with Gasteiger partial charge in [0.15, 0.2) is 0 Å². The molecule has 2 heteroatoms. The van der Waals surface area contributed by atoms with Crippen molar-refractivity contribution in [2.24, 2.45) is 5.92 Å². The summed E-state index contributed by atoms with van der Waals surface area (Å²) in [5.41, 5.74) is 7.46. The number of aryl methyl sites for hydroxylation is 2. The van der Waals surface area contributed by atoms with Gasteiger partial charge in [-0.1, -0.05) is 36.4 Å². The molecule has 25 heavy (non-hydrogen) atoms. The van der Waals surface area contributed by atoms with Crippen LogP contribution in [0.5, 0.6) is 0 Å². The van der Waals surface area contributed by atoms with Crippen LogP contribution >= 0.6 is 0 Å². The third kappa shape index (κ3) is 4.10. The fourth-order valence-corrected chi connectivity index (χ4v) is 3.87. The molecule has 1 aromatic rings. The van der Waals surface area contributed by atoms with Gasteiger partial charge in [-0.3, -0.25) is 0 Å². The zero-order valence-electron chi connectivity index (χ0n) is 15.9. The maximum atomic E-state index is 4.79. The highest BCUT2D eigenvalue weighted by atomic mass is 15.0. The minimum absolute atomic E-state index is 0.638. The summed E-state index contributed by atoms with van der Waals surface area (Å²) in [4.78, 5) is 4.79. The Morgan fingerprint density at radius 2 is 1.88 bits per heavy atom. The van der Waals surface area contributed by atoms with Crippen molar-refractivity contribution in [3.63, 3.8) is 0 Å². The Hall–Kier alpha value is -2.14. The molecule has 1 saturated heterocycles. The van der Waals surface area contributed by atoms with Crippen molar-refractivity contribution in [3.8, 4) is 6.07 Å². The first-order valence-electron chi connectivity index (χ1n) is 9.56. The largest absolute Gasteiger partial charge is 0.391 e. The van der Waals surface area contributed by atoms with Crippen molar-refractivity contribution in [1.82, 2.24) is 0 Å². The molecule has 0 spiro atoms. The van der Waals surface area contributed by atoms with Crippen LogP contribution in [0.2, 0.25) is 0 Å². The molecule has 130 valence electrons. The van der Waals surface area contributed by atoms with Crippen molar-refractivity contribution in [1.29, 1.82) is 0 Å². The SMILES string of the molecule is C=C(C)[C@@H]1CC=C(C(C#[N+]c2c(C)cccc2C)=[N+]2CCCC2)CC1. The van der Waals surface area contributed by atoms with Gasteiger partial charge in [0.25, 0.3) is 0 Å². The van der Waals surface area contributed by atoms with Gasteiger partial charge < -0.3 is 0 Å². The molecule has 1 atom stereocenters. The van der Waals surface area contributed by atoms with Crippen molar-refractivity contribution in [3.05, 3.63) is 58.0 Å². The predicted octanol–water partition coefficient (Wildman–Crippen LogP) is 5.82. The van der Waals surface area contributed by atoms with Crippen LogP contribution in [0.15, 0.2) is 42.0 Å². The van der Waals surface area contributed by atoms with Gasteiger partial charge in [-0.2, -0.15) is 0 Å². The number of nitrogens with zero attached hydrogens (tertiary/aromatic N) is 2. The van der Waals surface area contributed by atoms with Crippen LogP contribution in [-0.4, -0.2) is 23.4 Å². The van der Waals surface area contributed by atoms with Crippen molar-refractivity contribution in [2.45, 2.75) is 52.9 Å². The second kappa shape index (κ2) is 7.83. The van der Waals surface area contributed by atoms with E-state index in [9.17, 15) is 0 Å². The highest BCUT2D eigenvalue weighted by Gasteiger charge is 2.29. The van der Waals surface area contributed by atoms with E-state index in [0.717, 1.165) is 31.6 Å². The fourth-order valence-electron chi connectivity index (χ4n) is 3.87. The van der Waals surface area contributed by atoms with Crippen LogP contribution in [0.1, 0.15) is 50.2 Å². The minimum Gasteiger partial charge on any atom is -0.217 e. The lowest BCUT2D eigenvalue weighted by atomic mass is 9.84. The van der Waals surface area contributed by atoms with Crippen LogP contribution in [0.4, 0.5) is 5.69 Å². The van der Waals surface area contributed by atoms with Gasteiger partial charge in [-0.05, 0) is 50.8 Å². The lowest BCUT2D eigenvalue weighted by Gasteiger charge is -2.20. The Bertz CT molecular complexity index is 771. The standard InChI is InChI=1S/C23H30N2/c1-17(2)20-10-12-21(13-11-20)22(25-14-5-6-15-25)16-24-23-18(3)8-7-9-19(23)4/h7-9,12,20H,1,5-6,10-11,13-15H2,2-4H3/q+2/t20-/m1/s1. The molecular formula is C23H30N2+2. The molecule has 3 rings (SSSR count). The van der Waals surface area contributed by atoms with E-state index in [1.807, 2.05) is 0 Å². The summed E-state index contributed by atoms with van der Waals surface area (Å²) < 4.78 is 2.48. The van der Waals surface area contributed by atoms with E-state index in [1.54, 1.807) is 0 Å². The predicted molar refractivity (Wildman–Crippen MR) is 107 cm³/mol. The summed E-state index contributed by atoms with van der Waals surface area (Å²) >= 11 is 0. The van der Waals surface area contributed by atoms with Crippen LogP contribution in [0, 0.1) is 25.8 Å². The van der Waals surface area contributed by atoms with Gasteiger partial charge in [-0.15, -0.1) is 0 Å². The van der Waals surface area contributed by atoms with Crippen LogP contribution < -0.4 is 0 Å². The van der Waals surface area contributed by atoms with Crippen molar-refractivity contribution >= 4 is 11.4 Å². The van der Waals surface area contributed by atoms with E-state index in [1.165, 1.54) is 47.2 Å². The van der Waals surface area contributed by atoms with E-state index in [-0.39, 0.29) is 0 Å². The zero-order chi connectivity index (χ0) is 17.8.